The van der Waals surface area contributed by atoms with Gasteiger partial charge in [0.05, 0.1) is 10.9 Å². The van der Waals surface area contributed by atoms with Crippen molar-refractivity contribution < 1.29 is 14.7 Å². The van der Waals surface area contributed by atoms with E-state index in [2.05, 4.69) is 4.98 Å². The van der Waals surface area contributed by atoms with Crippen LogP contribution in [-0.2, 0) is 9.59 Å². The predicted octanol–water partition coefficient (Wildman–Crippen LogP) is 3.17. The second kappa shape index (κ2) is 6.03. The first-order valence-electron chi connectivity index (χ1n) is 5.62. The quantitative estimate of drug-likeness (QED) is 0.881. The number of hydrogen-bond donors (Lipinski definition) is 1. The Labute approximate surface area is 125 Å². The van der Waals surface area contributed by atoms with Crippen molar-refractivity contribution in [2.75, 3.05) is 0 Å². The number of rotatable bonds is 4. The number of carbonyl (C=O) groups excluding carboxylic acids is 1. The summed E-state index contributed by atoms with van der Waals surface area (Å²) in [5.74, 6) is -3.47. The molecule has 20 heavy (non-hydrogen) atoms. The molecule has 0 bridgehead atoms. The summed E-state index contributed by atoms with van der Waals surface area (Å²) >= 11 is 11.7. The van der Waals surface area contributed by atoms with Gasteiger partial charge in [-0.25, -0.2) is 4.79 Å². The number of carboxylic acid groups (broad SMARTS) is 1. The first-order chi connectivity index (χ1) is 9.49. The van der Waals surface area contributed by atoms with E-state index in [4.69, 9.17) is 28.3 Å². The number of aromatic nitrogens is 1. The predicted molar refractivity (Wildman–Crippen MR) is 75.2 cm³/mol. The number of benzene rings is 1. The standard InChI is InChI=1S/C14H9Cl2NO3/c15-10-3-1-2-8(4-10)12(13(18)14(19)20)9-5-11(16)7-17-6-9/h1-7,12H,(H,19,20). The molecule has 2 aromatic rings. The summed E-state index contributed by atoms with van der Waals surface area (Å²) in [7, 11) is 0. The molecule has 0 saturated heterocycles. The van der Waals surface area contributed by atoms with Crippen LogP contribution in [0.3, 0.4) is 0 Å². The zero-order chi connectivity index (χ0) is 14.7. The summed E-state index contributed by atoms with van der Waals surface area (Å²) in [6.45, 7) is 0. The van der Waals surface area contributed by atoms with Gasteiger partial charge in [-0.15, -0.1) is 0 Å². The van der Waals surface area contributed by atoms with E-state index in [9.17, 15) is 9.59 Å². The van der Waals surface area contributed by atoms with E-state index in [1.54, 1.807) is 24.3 Å². The summed E-state index contributed by atoms with van der Waals surface area (Å²) < 4.78 is 0. The number of pyridine rings is 1. The average Bonchev–Trinajstić information content (AvgIpc) is 2.39. The maximum atomic E-state index is 12.0. The minimum absolute atomic E-state index is 0.327. The third-order valence-corrected chi connectivity index (χ3v) is 3.16. The zero-order valence-corrected chi connectivity index (χ0v) is 11.6. The van der Waals surface area contributed by atoms with Crippen molar-refractivity contribution in [3.8, 4) is 0 Å². The van der Waals surface area contributed by atoms with Crippen LogP contribution in [0, 0.1) is 0 Å². The molecule has 0 radical (unpaired) electrons. The molecule has 0 saturated carbocycles. The van der Waals surface area contributed by atoms with Crippen molar-refractivity contribution in [2.45, 2.75) is 5.92 Å². The lowest BCUT2D eigenvalue weighted by Gasteiger charge is -2.14. The van der Waals surface area contributed by atoms with E-state index in [1.807, 2.05) is 0 Å². The minimum atomic E-state index is -1.52. The maximum Gasteiger partial charge on any atom is 0.373 e. The fraction of sp³-hybridized carbons (Fsp3) is 0.0714. The number of carbonyl (C=O) groups is 2. The van der Waals surface area contributed by atoms with Gasteiger partial charge >= 0.3 is 5.97 Å². The van der Waals surface area contributed by atoms with Crippen LogP contribution in [0.15, 0.2) is 42.7 Å². The Balaban J connectivity index is 2.56. The van der Waals surface area contributed by atoms with Gasteiger partial charge in [0.2, 0.25) is 0 Å². The molecule has 1 unspecified atom stereocenters. The lowest BCUT2D eigenvalue weighted by Crippen LogP contribution is -2.22. The molecule has 1 heterocycles. The summed E-state index contributed by atoms with van der Waals surface area (Å²) in [5.41, 5.74) is 0.890. The minimum Gasteiger partial charge on any atom is -0.475 e. The number of Topliss-reactive ketones (excluding diaryl/α,β-unsaturated/α-hetero) is 1. The van der Waals surface area contributed by atoms with Crippen LogP contribution >= 0.6 is 23.2 Å². The Morgan fingerprint density at radius 2 is 1.75 bits per heavy atom. The zero-order valence-electron chi connectivity index (χ0n) is 10.1. The van der Waals surface area contributed by atoms with Crippen LogP contribution in [0.2, 0.25) is 10.0 Å². The lowest BCUT2D eigenvalue weighted by atomic mass is 9.88. The number of nitrogens with zero attached hydrogens (tertiary/aromatic N) is 1. The topological polar surface area (TPSA) is 67.3 Å². The second-order valence-corrected chi connectivity index (χ2v) is 4.97. The normalized spacial score (nSPS) is 11.9. The van der Waals surface area contributed by atoms with Gasteiger partial charge in [0.1, 0.15) is 0 Å². The molecular formula is C14H9Cl2NO3. The van der Waals surface area contributed by atoms with E-state index < -0.39 is 17.7 Å². The highest BCUT2D eigenvalue weighted by Crippen LogP contribution is 2.28. The van der Waals surface area contributed by atoms with Gasteiger partial charge in [0, 0.05) is 17.4 Å². The van der Waals surface area contributed by atoms with Crippen molar-refractivity contribution in [2.24, 2.45) is 0 Å². The molecule has 2 rings (SSSR count). The fourth-order valence-corrected chi connectivity index (χ4v) is 2.27. The van der Waals surface area contributed by atoms with Gasteiger partial charge < -0.3 is 5.11 Å². The molecule has 102 valence electrons. The van der Waals surface area contributed by atoms with Gasteiger partial charge in [0.15, 0.2) is 0 Å². The van der Waals surface area contributed by atoms with Crippen LogP contribution < -0.4 is 0 Å². The first-order valence-corrected chi connectivity index (χ1v) is 6.37. The smallest absolute Gasteiger partial charge is 0.373 e. The summed E-state index contributed by atoms with van der Waals surface area (Å²) in [6, 6.07) is 7.99. The van der Waals surface area contributed by atoms with E-state index >= 15 is 0 Å². The highest BCUT2D eigenvalue weighted by Gasteiger charge is 2.28. The van der Waals surface area contributed by atoms with Crippen LogP contribution in [-0.4, -0.2) is 21.8 Å². The van der Waals surface area contributed by atoms with Gasteiger partial charge in [-0.2, -0.15) is 0 Å². The molecule has 0 fully saturated rings. The molecule has 4 nitrogen and oxygen atoms in total. The first kappa shape index (κ1) is 14.5. The van der Waals surface area contributed by atoms with Crippen LogP contribution in [0.4, 0.5) is 0 Å². The lowest BCUT2D eigenvalue weighted by molar-refractivity contribution is -0.149. The molecule has 0 aliphatic heterocycles. The van der Waals surface area contributed by atoms with Crippen molar-refractivity contribution in [3.63, 3.8) is 0 Å². The molecule has 1 atom stereocenters. The number of halogens is 2. The van der Waals surface area contributed by atoms with Gasteiger partial charge in [-0.05, 0) is 29.3 Å². The fourth-order valence-electron chi connectivity index (χ4n) is 1.89. The van der Waals surface area contributed by atoms with Crippen molar-refractivity contribution in [1.82, 2.24) is 4.98 Å². The summed E-state index contributed by atoms with van der Waals surface area (Å²) in [4.78, 5) is 26.9. The Bertz CT molecular complexity index is 627. The number of ketones is 1. The van der Waals surface area contributed by atoms with Crippen molar-refractivity contribution >= 4 is 35.0 Å². The number of carboxylic acids is 1. The third-order valence-electron chi connectivity index (χ3n) is 2.71. The Hall–Kier alpha value is -1.91. The molecule has 0 aliphatic carbocycles. The van der Waals surface area contributed by atoms with E-state index in [0.29, 0.717) is 21.2 Å². The van der Waals surface area contributed by atoms with Crippen LogP contribution in [0.1, 0.15) is 17.0 Å². The van der Waals surface area contributed by atoms with Gasteiger partial charge in [0.25, 0.3) is 5.78 Å². The van der Waals surface area contributed by atoms with E-state index in [1.165, 1.54) is 18.5 Å². The van der Waals surface area contributed by atoms with E-state index in [0.717, 1.165) is 0 Å². The molecule has 0 spiro atoms. The molecule has 0 aliphatic rings. The van der Waals surface area contributed by atoms with Gasteiger partial charge in [-0.3, -0.25) is 9.78 Å². The Kier molecular flexibility index (Phi) is 4.37. The molecule has 0 amide bonds. The average molecular weight is 310 g/mol. The summed E-state index contributed by atoms with van der Waals surface area (Å²) in [6.07, 6.45) is 2.82. The highest BCUT2D eigenvalue weighted by atomic mass is 35.5. The van der Waals surface area contributed by atoms with Crippen molar-refractivity contribution in [3.05, 3.63) is 63.9 Å². The largest absolute Gasteiger partial charge is 0.475 e. The molecule has 1 N–H and O–H groups in total. The Morgan fingerprint density at radius 3 is 2.35 bits per heavy atom. The Morgan fingerprint density at radius 1 is 1.05 bits per heavy atom. The maximum absolute atomic E-state index is 12.0. The van der Waals surface area contributed by atoms with Crippen LogP contribution in [0.5, 0.6) is 0 Å². The molecule has 6 heteroatoms. The van der Waals surface area contributed by atoms with Crippen molar-refractivity contribution in [1.29, 1.82) is 0 Å². The third kappa shape index (κ3) is 3.15. The van der Waals surface area contributed by atoms with Crippen LogP contribution in [0.25, 0.3) is 0 Å². The molecule has 1 aromatic heterocycles. The monoisotopic (exact) mass is 309 g/mol. The SMILES string of the molecule is O=C(O)C(=O)C(c1cccc(Cl)c1)c1cncc(Cl)c1. The van der Waals surface area contributed by atoms with Gasteiger partial charge in [-0.1, -0.05) is 35.3 Å². The number of aliphatic carboxylic acids is 1. The molecular weight excluding hydrogens is 301 g/mol. The highest BCUT2D eigenvalue weighted by molar-refractivity contribution is 6.36. The summed E-state index contributed by atoms with van der Waals surface area (Å²) in [5, 5.41) is 9.72. The van der Waals surface area contributed by atoms with E-state index in [-0.39, 0.29) is 0 Å². The molecule has 1 aromatic carbocycles. The second-order valence-electron chi connectivity index (χ2n) is 4.09. The number of hydrogen-bond acceptors (Lipinski definition) is 3.